The van der Waals surface area contributed by atoms with Crippen molar-refractivity contribution in [1.82, 2.24) is 0 Å². The predicted molar refractivity (Wildman–Crippen MR) is 83.2 cm³/mol. The van der Waals surface area contributed by atoms with Crippen LogP contribution in [0.5, 0.6) is 11.5 Å². The van der Waals surface area contributed by atoms with Crippen molar-refractivity contribution < 1.29 is 28.6 Å². The summed E-state index contributed by atoms with van der Waals surface area (Å²) in [5.74, 6) is -0.634. The van der Waals surface area contributed by atoms with Crippen molar-refractivity contribution in [1.29, 1.82) is 0 Å². The Hall–Kier alpha value is -2.63. The molecular weight excluding hydrogens is 300 g/mol. The van der Waals surface area contributed by atoms with Crippen molar-refractivity contribution in [2.75, 3.05) is 6.61 Å². The highest BCUT2D eigenvalue weighted by atomic mass is 16.5. The standard InChI is InChI=1S/C17H20O6/c1-11(10-21-12(2)18)5-6-15-7-8-16(22-13(3)19)9-17(15)23-14(4)20/h5,7-9H,6,10H2,1-4H3/b11-5+. The Morgan fingerprint density at radius 2 is 1.61 bits per heavy atom. The number of esters is 3. The summed E-state index contributed by atoms with van der Waals surface area (Å²) in [6.45, 7) is 5.98. The molecule has 6 nitrogen and oxygen atoms in total. The molecule has 0 radical (unpaired) electrons. The lowest BCUT2D eigenvalue weighted by atomic mass is 10.1. The fraction of sp³-hybridized carbons (Fsp3) is 0.353. The molecule has 0 N–H and O–H groups in total. The van der Waals surface area contributed by atoms with Crippen LogP contribution in [0.1, 0.15) is 33.3 Å². The number of hydrogen-bond donors (Lipinski definition) is 0. The van der Waals surface area contributed by atoms with Gasteiger partial charge in [-0.1, -0.05) is 12.1 Å². The van der Waals surface area contributed by atoms with Gasteiger partial charge in [0.25, 0.3) is 0 Å². The Labute approximate surface area is 135 Å². The minimum absolute atomic E-state index is 0.212. The summed E-state index contributed by atoms with van der Waals surface area (Å²) in [5.41, 5.74) is 1.62. The lowest BCUT2D eigenvalue weighted by molar-refractivity contribution is -0.140. The molecule has 0 aliphatic rings. The second-order valence-corrected chi connectivity index (χ2v) is 4.99. The van der Waals surface area contributed by atoms with Gasteiger partial charge in [0.05, 0.1) is 0 Å². The summed E-state index contributed by atoms with van der Waals surface area (Å²) < 4.78 is 15.0. The van der Waals surface area contributed by atoms with Crippen molar-refractivity contribution in [3.8, 4) is 11.5 Å². The molecule has 6 heteroatoms. The SMILES string of the molecule is CC(=O)OC/C(C)=C/Cc1ccc(OC(C)=O)cc1OC(C)=O. The van der Waals surface area contributed by atoms with Gasteiger partial charge >= 0.3 is 17.9 Å². The maximum absolute atomic E-state index is 11.2. The van der Waals surface area contributed by atoms with E-state index in [4.69, 9.17) is 14.2 Å². The number of carbonyl (C=O) groups excluding carboxylic acids is 3. The second kappa shape index (κ2) is 8.73. The minimum atomic E-state index is -0.466. The minimum Gasteiger partial charge on any atom is -0.461 e. The lowest BCUT2D eigenvalue weighted by Gasteiger charge is -2.10. The van der Waals surface area contributed by atoms with Gasteiger partial charge < -0.3 is 14.2 Å². The molecule has 0 aromatic heterocycles. The van der Waals surface area contributed by atoms with Crippen LogP contribution in [-0.2, 0) is 25.5 Å². The predicted octanol–water partition coefficient (Wildman–Crippen LogP) is 2.59. The largest absolute Gasteiger partial charge is 0.461 e. The van der Waals surface area contributed by atoms with E-state index in [-0.39, 0.29) is 12.6 Å². The zero-order chi connectivity index (χ0) is 17.4. The van der Waals surface area contributed by atoms with Crippen LogP contribution in [-0.4, -0.2) is 24.5 Å². The molecule has 1 rings (SSSR count). The molecule has 0 aliphatic carbocycles. The average molecular weight is 320 g/mol. The van der Waals surface area contributed by atoms with Crippen LogP contribution in [0, 0.1) is 0 Å². The first-order chi connectivity index (χ1) is 10.8. The first-order valence-corrected chi connectivity index (χ1v) is 7.06. The highest BCUT2D eigenvalue weighted by molar-refractivity contribution is 5.71. The Morgan fingerprint density at radius 3 is 2.17 bits per heavy atom. The van der Waals surface area contributed by atoms with Gasteiger partial charge in [-0.15, -0.1) is 0 Å². The van der Waals surface area contributed by atoms with Gasteiger partial charge in [-0.2, -0.15) is 0 Å². The zero-order valence-corrected chi connectivity index (χ0v) is 13.7. The maximum Gasteiger partial charge on any atom is 0.308 e. The summed E-state index contributed by atoms with van der Waals surface area (Å²) in [6.07, 6.45) is 2.35. The van der Waals surface area contributed by atoms with E-state index in [0.717, 1.165) is 11.1 Å². The van der Waals surface area contributed by atoms with Crippen LogP contribution in [0.2, 0.25) is 0 Å². The monoisotopic (exact) mass is 320 g/mol. The van der Waals surface area contributed by atoms with Crippen LogP contribution in [0.3, 0.4) is 0 Å². The molecule has 0 unspecified atom stereocenters. The van der Waals surface area contributed by atoms with E-state index in [1.807, 2.05) is 13.0 Å². The summed E-state index contributed by atoms with van der Waals surface area (Å²) >= 11 is 0. The number of carbonyl (C=O) groups is 3. The molecule has 0 amide bonds. The molecule has 0 atom stereocenters. The number of benzene rings is 1. The van der Waals surface area contributed by atoms with E-state index in [9.17, 15) is 14.4 Å². The molecule has 124 valence electrons. The normalized spacial score (nSPS) is 10.9. The highest BCUT2D eigenvalue weighted by Crippen LogP contribution is 2.26. The van der Waals surface area contributed by atoms with E-state index < -0.39 is 11.9 Å². The van der Waals surface area contributed by atoms with Gasteiger partial charge in [-0.05, 0) is 30.5 Å². The van der Waals surface area contributed by atoms with Crippen molar-refractivity contribution in [3.63, 3.8) is 0 Å². The zero-order valence-electron chi connectivity index (χ0n) is 13.7. The molecule has 1 aromatic carbocycles. The molecule has 0 saturated heterocycles. The number of hydrogen-bond acceptors (Lipinski definition) is 6. The summed E-state index contributed by atoms with van der Waals surface area (Å²) in [7, 11) is 0. The lowest BCUT2D eigenvalue weighted by Crippen LogP contribution is -2.06. The number of rotatable bonds is 6. The van der Waals surface area contributed by atoms with E-state index in [2.05, 4.69) is 0 Å². The molecule has 0 aliphatic heterocycles. The number of allylic oxidation sites excluding steroid dienone is 1. The second-order valence-electron chi connectivity index (χ2n) is 4.99. The summed E-state index contributed by atoms with van der Waals surface area (Å²) in [6, 6.07) is 4.83. The fourth-order valence-electron chi connectivity index (χ4n) is 1.74. The highest BCUT2D eigenvalue weighted by Gasteiger charge is 2.09. The summed E-state index contributed by atoms with van der Waals surface area (Å²) in [5, 5.41) is 0. The molecule has 0 spiro atoms. The van der Waals surface area contributed by atoms with Gasteiger partial charge in [0.2, 0.25) is 0 Å². The molecular formula is C17H20O6. The van der Waals surface area contributed by atoms with E-state index in [1.54, 1.807) is 12.1 Å². The number of ether oxygens (including phenoxy) is 3. The third kappa shape index (κ3) is 7.26. The van der Waals surface area contributed by atoms with Crippen LogP contribution in [0.15, 0.2) is 29.8 Å². The van der Waals surface area contributed by atoms with Crippen LogP contribution in [0.25, 0.3) is 0 Å². The van der Waals surface area contributed by atoms with Crippen LogP contribution in [0.4, 0.5) is 0 Å². The van der Waals surface area contributed by atoms with Crippen molar-refractivity contribution in [3.05, 3.63) is 35.4 Å². The van der Waals surface area contributed by atoms with E-state index in [1.165, 1.54) is 26.8 Å². The van der Waals surface area contributed by atoms with Crippen LogP contribution >= 0.6 is 0 Å². The molecule has 0 fully saturated rings. The maximum atomic E-state index is 11.2. The summed E-state index contributed by atoms with van der Waals surface area (Å²) in [4.78, 5) is 33.0. The fourth-order valence-corrected chi connectivity index (χ4v) is 1.74. The van der Waals surface area contributed by atoms with Crippen molar-refractivity contribution in [2.24, 2.45) is 0 Å². The Bertz CT molecular complexity index is 630. The first kappa shape index (κ1) is 18.4. The first-order valence-electron chi connectivity index (χ1n) is 7.06. The smallest absolute Gasteiger partial charge is 0.308 e. The van der Waals surface area contributed by atoms with Gasteiger partial charge in [0.1, 0.15) is 18.1 Å². The topological polar surface area (TPSA) is 78.9 Å². The van der Waals surface area contributed by atoms with Crippen molar-refractivity contribution >= 4 is 17.9 Å². The third-order valence-electron chi connectivity index (χ3n) is 2.73. The molecule has 0 saturated carbocycles. The Balaban J connectivity index is 2.91. The third-order valence-corrected chi connectivity index (χ3v) is 2.73. The van der Waals surface area contributed by atoms with Crippen LogP contribution < -0.4 is 9.47 Å². The van der Waals surface area contributed by atoms with E-state index in [0.29, 0.717) is 17.9 Å². The quantitative estimate of drug-likeness (QED) is 0.455. The molecule has 23 heavy (non-hydrogen) atoms. The van der Waals surface area contributed by atoms with E-state index >= 15 is 0 Å². The van der Waals surface area contributed by atoms with Gasteiger partial charge in [-0.25, -0.2) is 0 Å². The van der Waals surface area contributed by atoms with Gasteiger partial charge in [0, 0.05) is 26.8 Å². The molecule has 0 heterocycles. The van der Waals surface area contributed by atoms with Crippen molar-refractivity contribution in [2.45, 2.75) is 34.1 Å². The Morgan fingerprint density at radius 1 is 0.957 bits per heavy atom. The molecule has 0 bridgehead atoms. The van der Waals surface area contributed by atoms with Gasteiger partial charge in [0.15, 0.2) is 0 Å². The molecule has 1 aromatic rings. The Kier molecular flexibility index (Phi) is 6.99. The van der Waals surface area contributed by atoms with Gasteiger partial charge in [-0.3, -0.25) is 14.4 Å². The average Bonchev–Trinajstić information content (AvgIpc) is 2.43.